The van der Waals surface area contributed by atoms with Crippen molar-refractivity contribution in [3.63, 3.8) is 0 Å². The fourth-order valence-corrected chi connectivity index (χ4v) is 2.31. The van der Waals surface area contributed by atoms with Crippen molar-refractivity contribution >= 4 is 12.4 Å². The molecule has 110 valence electrons. The number of nitriles is 1. The third kappa shape index (κ3) is 3.75. The first-order valence-corrected chi connectivity index (χ1v) is 6.88. The second kappa shape index (κ2) is 7.44. The highest BCUT2D eigenvalue weighted by Gasteiger charge is 2.05. The van der Waals surface area contributed by atoms with Crippen LogP contribution in [0.1, 0.15) is 22.5 Å². The molecule has 3 nitrogen and oxygen atoms in total. The minimum Gasteiger partial charge on any atom is -0.330 e. The Bertz CT molecular complexity index is 755. The molecule has 1 heterocycles. The molecule has 0 saturated heterocycles. The van der Waals surface area contributed by atoms with E-state index in [4.69, 9.17) is 5.26 Å². The summed E-state index contributed by atoms with van der Waals surface area (Å²) < 4.78 is 2.15. The van der Waals surface area contributed by atoms with Gasteiger partial charge in [-0.2, -0.15) is 5.26 Å². The van der Waals surface area contributed by atoms with E-state index < -0.39 is 0 Å². The molecule has 2 aromatic carbocycles. The van der Waals surface area contributed by atoms with Gasteiger partial charge in [-0.05, 0) is 23.3 Å². The van der Waals surface area contributed by atoms with Crippen molar-refractivity contribution in [2.24, 2.45) is 0 Å². The zero-order valence-corrected chi connectivity index (χ0v) is 12.8. The maximum atomic E-state index is 8.83. The van der Waals surface area contributed by atoms with Crippen LogP contribution >= 0.6 is 12.4 Å². The van der Waals surface area contributed by atoms with E-state index in [-0.39, 0.29) is 12.4 Å². The van der Waals surface area contributed by atoms with Crippen molar-refractivity contribution < 1.29 is 0 Å². The summed E-state index contributed by atoms with van der Waals surface area (Å²) in [5.41, 5.74) is 3.11. The Labute approximate surface area is 136 Å². The molecule has 0 N–H and O–H groups in total. The summed E-state index contributed by atoms with van der Waals surface area (Å²) in [6.45, 7) is 0.772. The molecule has 3 rings (SSSR count). The van der Waals surface area contributed by atoms with Crippen LogP contribution in [-0.2, 0) is 13.0 Å². The summed E-state index contributed by atoms with van der Waals surface area (Å²) in [6.07, 6.45) is 4.66. The predicted molar refractivity (Wildman–Crippen MR) is 89.0 cm³/mol. The number of hydrogen-bond acceptors (Lipinski definition) is 2. The predicted octanol–water partition coefficient (Wildman–Crippen LogP) is 3.82. The lowest BCUT2D eigenvalue weighted by Crippen LogP contribution is -2.05. The summed E-state index contributed by atoms with van der Waals surface area (Å²) in [5.74, 6) is 1.05. The maximum absolute atomic E-state index is 8.83. The van der Waals surface area contributed by atoms with Gasteiger partial charge in [-0.1, -0.05) is 42.5 Å². The number of aromatic nitrogens is 2. The number of rotatable bonds is 4. The molecule has 4 heteroatoms. The molecule has 0 bridgehead atoms. The molecule has 0 aliphatic rings. The molecule has 0 fully saturated rings. The van der Waals surface area contributed by atoms with Crippen molar-refractivity contribution in [2.45, 2.75) is 13.0 Å². The molecule has 0 amide bonds. The highest BCUT2D eigenvalue weighted by atomic mass is 35.5. The van der Waals surface area contributed by atoms with Crippen LogP contribution in [0.15, 0.2) is 67.0 Å². The molecule has 1 aromatic heterocycles. The standard InChI is InChI=1S/C18H15N3.ClH/c19-13-16-6-8-17(9-7-16)14-21-11-10-20-18(21)12-15-4-2-1-3-5-15;/h1-11H,12,14H2;1H. The van der Waals surface area contributed by atoms with Crippen LogP contribution in [0, 0.1) is 11.3 Å². The van der Waals surface area contributed by atoms with Crippen molar-refractivity contribution in [3.8, 4) is 6.07 Å². The monoisotopic (exact) mass is 309 g/mol. The molecular weight excluding hydrogens is 294 g/mol. The Kier molecular flexibility index (Phi) is 5.35. The van der Waals surface area contributed by atoms with E-state index in [9.17, 15) is 0 Å². The van der Waals surface area contributed by atoms with Gasteiger partial charge in [0.1, 0.15) is 5.82 Å². The third-order valence-corrected chi connectivity index (χ3v) is 3.44. The Morgan fingerprint density at radius 3 is 2.36 bits per heavy atom. The summed E-state index contributed by atoms with van der Waals surface area (Å²) >= 11 is 0. The van der Waals surface area contributed by atoms with Gasteiger partial charge >= 0.3 is 0 Å². The number of imidazole rings is 1. The lowest BCUT2D eigenvalue weighted by atomic mass is 10.1. The average molecular weight is 310 g/mol. The van der Waals surface area contributed by atoms with Gasteiger partial charge in [-0.15, -0.1) is 12.4 Å². The van der Waals surface area contributed by atoms with Crippen molar-refractivity contribution in [1.82, 2.24) is 9.55 Å². The van der Waals surface area contributed by atoms with Crippen molar-refractivity contribution in [3.05, 3.63) is 89.5 Å². The highest BCUT2D eigenvalue weighted by molar-refractivity contribution is 5.85. The molecule has 0 saturated carbocycles. The normalized spacial score (nSPS) is 9.77. The molecule has 0 unspecified atom stereocenters. The molecule has 0 spiro atoms. The Balaban J connectivity index is 0.00000176. The van der Waals surface area contributed by atoms with E-state index in [2.05, 4.69) is 27.8 Å². The molecule has 22 heavy (non-hydrogen) atoms. The second-order valence-electron chi connectivity index (χ2n) is 4.94. The summed E-state index contributed by atoms with van der Waals surface area (Å²) in [7, 11) is 0. The van der Waals surface area contributed by atoms with Crippen LogP contribution in [0.3, 0.4) is 0 Å². The first kappa shape index (κ1) is 15.8. The molecule has 0 aliphatic heterocycles. The first-order valence-electron chi connectivity index (χ1n) is 6.88. The van der Waals surface area contributed by atoms with Gasteiger partial charge in [-0.25, -0.2) is 4.98 Å². The van der Waals surface area contributed by atoms with Crippen LogP contribution in [0.4, 0.5) is 0 Å². The zero-order valence-electron chi connectivity index (χ0n) is 12.0. The van der Waals surface area contributed by atoms with Gasteiger partial charge in [0, 0.05) is 25.4 Å². The largest absolute Gasteiger partial charge is 0.330 e. The molecule has 3 aromatic rings. The van der Waals surface area contributed by atoms with Crippen LogP contribution in [-0.4, -0.2) is 9.55 Å². The van der Waals surface area contributed by atoms with E-state index in [1.807, 2.05) is 54.9 Å². The number of nitrogens with zero attached hydrogens (tertiary/aromatic N) is 3. The van der Waals surface area contributed by atoms with Crippen molar-refractivity contribution in [2.75, 3.05) is 0 Å². The Morgan fingerprint density at radius 1 is 0.955 bits per heavy atom. The number of halogens is 1. The van der Waals surface area contributed by atoms with E-state index >= 15 is 0 Å². The quantitative estimate of drug-likeness (QED) is 0.735. The Hall–Kier alpha value is -2.57. The molecule has 0 radical (unpaired) electrons. The summed E-state index contributed by atoms with van der Waals surface area (Å²) in [5, 5.41) is 8.83. The first-order chi connectivity index (χ1) is 10.3. The zero-order chi connectivity index (χ0) is 14.5. The van der Waals surface area contributed by atoms with E-state index in [1.54, 1.807) is 0 Å². The van der Waals surface area contributed by atoms with Crippen LogP contribution in [0.2, 0.25) is 0 Å². The fourth-order valence-electron chi connectivity index (χ4n) is 2.31. The van der Waals surface area contributed by atoms with Crippen LogP contribution in [0.25, 0.3) is 0 Å². The van der Waals surface area contributed by atoms with E-state index in [0.717, 1.165) is 18.8 Å². The van der Waals surface area contributed by atoms with Crippen LogP contribution in [0.5, 0.6) is 0 Å². The minimum absolute atomic E-state index is 0. The van der Waals surface area contributed by atoms with Gasteiger partial charge in [0.2, 0.25) is 0 Å². The molecule has 0 atom stereocenters. The number of benzene rings is 2. The smallest absolute Gasteiger partial charge is 0.113 e. The third-order valence-electron chi connectivity index (χ3n) is 3.44. The SMILES string of the molecule is Cl.N#Cc1ccc(Cn2ccnc2Cc2ccccc2)cc1. The van der Waals surface area contributed by atoms with Crippen molar-refractivity contribution in [1.29, 1.82) is 5.26 Å². The highest BCUT2D eigenvalue weighted by Crippen LogP contribution is 2.11. The summed E-state index contributed by atoms with van der Waals surface area (Å²) in [6, 6.07) is 20.2. The molecular formula is C18H16ClN3. The van der Waals surface area contributed by atoms with Gasteiger partial charge in [-0.3, -0.25) is 0 Å². The maximum Gasteiger partial charge on any atom is 0.113 e. The topological polar surface area (TPSA) is 41.6 Å². The van der Waals surface area contributed by atoms with Gasteiger partial charge < -0.3 is 4.57 Å². The van der Waals surface area contributed by atoms with E-state index in [0.29, 0.717) is 5.56 Å². The lowest BCUT2D eigenvalue weighted by Gasteiger charge is -2.08. The Morgan fingerprint density at radius 2 is 1.68 bits per heavy atom. The van der Waals surface area contributed by atoms with E-state index in [1.165, 1.54) is 11.1 Å². The minimum atomic E-state index is 0. The lowest BCUT2D eigenvalue weighted by molar-refractivity contribution is 0.740. The number of hydrogen-bond donors (Lipinski definition) is 0. The van der Waals surface area contributed by atoms with Gasteiger partial charge in [0.15, 0.2) is 0 Å². The van der Waals surface area contributed by atoms with Gasteiger partial charge in [0.25, 0.3) is 0 Å². The fraction of sp³-hybridized carbons (Fsp3) is 0.111. The second-order valence-corrected chi connectivity index (χ2v) is 4.94. The summed E-state index contributed by atoms with van der Waals surface area (Å²) in [4.78, 5) is 4.45. The van der Waals surface area contributed by atoms with Gasteiger partial charge in [0.05, 0.1) is 11.6 Å². The molecule has 0 aliphatic carbocycles. The van der Waals surface area contributed by atoms with Crippen LogP contribution < -0.4 is 0 Å². The average Bonchev–Trinajstić information content (AvgIpc) is 2.96.